The smallest absolute Gasteiger partial charge is 0.123 e. The third-order valence-electron chi connectivity index (χ3n) is 3.15. The van der Waals surface area contributed by atoms with Gasteiger partial charge in [-0.05, 0) is 37.2 Å². The number of hydrogen-bond donors (Lipinski definition) is 1. The Balaban J connectivity index is 1.55. The molecule has 1 aromatic carbocycles. The molecule has 2 rings (SSSR count). The lowest BCUT2D eigenvalue weighted by Gasteiger charge is -2.26. The van der Waals surface area contributed by atoms with Crippen molar-refractivity contribution >= 4 is 0 Å². The second-order valence-corrected chi connectivity index (χ2v) is 4.61. The van der Waals surface area contributed by atoms with Crippen LogP contribution in [0.4, 0.5) is 4.39 Å². The lowest BCUT2D eigenvalue weighted by molar-refractivity contribution is 0.0374. The van der Waals surface area contributed by atoms with Gasteiger partial charge in [-0.25, -0.2) is 4.39 Å². The van der Waals surface area contributed by atoms with E-state index in [1.54, 1.807) is 12.1 Å². The van der Waals surface area contributed by atoms with E-state index in [2.05, 4.69) is 10.2 Å². The van der Waals surface area contributed by atoms with Gasteiger partial charge in [0.1, 0.15) is 5.82 Å². The van der Waals surface area contributed by atoms with E-state index < -0.39 is 0 Å². The number of halogens is 1. The third-order valence-corrected chi connectivity index (χ3v) is 3.15. The van der Waals surface area contributed by atoms with Crippen molar-refractivity contribution in [2.75, 3.05) is 39.4 Å². The van der Waals surface area contributed by atoms with E-state index in [9.17, 15) is 4.39 Å². The monoisotopic (exact) mass is 252 g/mol. The van der Waals surface area contributed by atoms with Gasteiger partial charge in [0.25, 0.3) is 0 Å². The van der Waals surface area contributed by atoms with Crippen molar-refractivity contribution in [3.05, 3.63) is 35.6 Å². The van der Waals surface area contributed by atoms with Gasteiger partial charge in [0.2, 0.25) is 0 Å². The molecule has 1 N–H and O–H groups in total. The largest absolute Gasteiger partial charge is 0.379 e. The van der Waals surface area contributed by atoms with Crippen molar-refractivity contribution < 1.29 is 9.13 Å². The topological polar surface area (TPSA) is 24.5 Å². The summed E-state index contributed by atoms with van der Waals surface area (Å²) in [6.45, 7) is 6.62. The molecule has 18 heavy (non-hydrogen) atoms. The number of nitrogens with zero attached hydrogens (tertiary/aromatic N) is 1. The summed E-state index contributed by atoms with van der Waals surface area (Å²) in [7, 11) is 0. The van der Waals surface area contributed by atoms with Crippen LogP contribution in [-0.2, 0) is 11.3 Å². The van der Waals surface area contributed by atoms with E-state index in [0.29, 0.717) is 0 Å². The molecule has 0 unspecified atom stereocenters. The van der Waals surface area contributed by atoms with Crippen LogP contribution in [0.2, 0.25) is 0 Å². The number of nitrogens with one attached hydrogen (secondary N) is 1. The average molecular weight is 252 g/mol. The number of hydrogen-bond acceptors (Lipinski definition) is 3. The highest BCUT2D eigenvalue weighted by Crippen LogP contribution is 2.03. The predicted octanol–water partition coefficient (Wildman–Crippen LogP) is 1.64. The minimum Gasteiger partial charge on any atom is -0.379 e. The molecule has 0 spiro atoms. The van der Waals surface area contributed by atoms with E-state index in [1.165, 1.54) is 6.07 Å². The summed E-state index contributed by atoms with van der Waals surface area (Å²) >= 11 is 0. The molecule has 1 aliphatic heterocycles. The summed E-state index contributed by atoms with van der Waals surface area (Å²) in [5.74, 6) is -0.164. The molecular weight excluding hydrogens is 231 g/mol. The Morgan fingerprint density at radius 2 is 2.11 bits per heavy atom. The van der Waals surface area contributed by atoms with Gasteiger partial charge in [-0.3, -0.25) is 4.90 Å². The first-order chi connectivity index (χ1) is 8.84. The molecule has 0 radical (unpaired) electrons. The Hall–Kier alpha value is -0.970. The molecule has 4 heteroatoms. The van der Waals surface area contributed by atoms with Gasteiger partial charge in [0.15, 0.2) is 0 Å². The van der Waals surface area contributed by atoms with Crippen molar-refractivity contribution in [1.82, 2.24) is 10.2 Å². The van der Waals surface area contributed by atoms with Crippen LogP contribution < -0.4 is 5.32 Å². The normalized spacial score (nSPS) is 16.9. The molecule has 0 atom stereocenters. The Morgan fingerprint density at radius 3 is 2.89 bits per heavy atom. The molecular formula is C14H21FN2O. The molecule has 100 valence electrons. The molecule has 0 aliphatic carbocycles. The van der Waals surface area contributed by atoms with Gasteiger partial charge in [-0.2, -0.15) is 0 Å². The number of morpholine rings is 1. The summed E-state index contributed by atoms with van der Waals surface area (Å²) in [6.07, 6.45) is 1.12. The molecule has 3 nitrogen and oxygen atoms in total. The van der Waals surface area contributed by atoms with Crippen LogP contribution in [-0.4, -0.2) is 44.3 Å². The first-order valence-electron chi connectivity index (χ1n) is 6.60. The van der Waals surface area contributed by atoms with Crippen molar-refractivity contribution in [2.24, 2.45) is 0 Å². The summed E-state index contributed by atoms with van der Waals surface area (Å²) in [4.78, 5) is 2.42. The number of ether oxygens (including phenoxy) is 1. The maximum absolute atomic E-state index is 12.9. The zero-order valence-electron chi connectivity index (χ0n) is 10.7. The van der Waals surface area contributed by atoms with Crippen molar-refractivity contribution in [2.45, 2.75) is 13.0 Å². The van der Waals surface area contributed by atoms with E-state index >= 15 is 0 Å². The minimum absolute atomic E-state index is 0.164. The third kappa shape index (κ3) is 4.72. The molecule has 1 aliphatic rings. The Kier molecular flexibility index (Phi) is 5.58. The molecule has 0 bridgehead atoms. The van der Waals surface area contributed by atoms with Crippen LogP contribution in [0.1, 0.15) is 12.0 Å². The second kappa shape index (κ2) is 7.46. The number of rotatable bonds is 6. The van der Waals surface area contributed by atoms with Crippen molar-refractivity contribution in [3.8, 4) is 0 Å². The summed E-state index contributed by atoms with van der Waals surface area (Å²) < 4.78 is 18.2. The quantitative estimate of drug-likeness (QED) is 0.779. The summed E-state index contributed by atoms with van der Waals surface area (Å²) in [6, 6.07) is 6.75. The Labute approximate surface area is 108 Å². The zero-order chi connectivity index (χ0) is 12.6. The Morgan fingerprint density at radius 1 is 1.28 bits per heavy atom. The highest BCUT2D eigenvalue weighted by Gasteiger charge is 2.08. The van der Waals surface area contributed by atoms with E-state index in [-0.39, 0.29) is 5.82 Å². The summed E-state index contributed by atoms with van der Waals surface area (Å²) in [5.41, 5.74) is 1.00. The standard InChI is InChI=1S/C14H21FN2O/c15-14-4-1-3-13(11-14)12-16-5-2-6-17-7-9-18-10-8-17/h1,3-4,11,16H,2,5-10,12H2. The van der Waals surface area contributed by atoms with Crippen LogP contribution in [0.5, 0.6) is 0 Å². The van der Waals surface area contributed by atoms with E-state index in [0.717, 1.165) is 57.9 Å². The van der Waals surface area contributed by atoms with Gasteiger partial charge in [0, 0.05) is 19.6 Å². The van der Waals surface area contributed by atoms with Gasteiger partial charge in [0.05, 0.1) is 13.2 Å². The predicted molar refractivity (Wildman–Crippen MR) is 70.0 cm³/mol. The second-order valence-electron chi connectivity index (χ2n) is 4.61. The molecule has 1 fully saturated rings. The zero-order valence-corrected chi connectivity index (χ0v) is 10.7. The minimum atomic E-state index is -0.164. The molecule has 1 heterocycles. The number of benzene rings is 1. The molecule has 0 amide bonds. The van der Waals surface area contributed by atoms with Crippen molar-refractivity contribution in [1.29, 1.82) is 0 Å². The Bertz CT molecular complexity index is 353. The lowest BCUT2D eigenvalue weighted by atomic mass is 10.2. The SMILES string of the molecule is Fc1cccc(CNCCCN2CCOCC2)c1. The van der Waals surface area contributed by atoms with Gasteiger partial charge in [-0.15, -0.1) is 0 Å². The fourth-order valence-corrected chi connectivity index (χ4v) is 2.13. The first kappa shape index (κ1) is 13.5. The first-order valence-corrected chi connectivity index (χ1v) is 6.60. The van der Waals surface area contributed by atoms with E-state index in [1.807, 2.05) is 6.07 Å². The van der Waals surface area contributed by atoms with E-state index in [4.69, 9.17) is 4.74 Å². The van der Waals surface area contributed by atoms with Crippen molar-refractivity contribution in [3.63, 3.8) is 0 Å². The van der Waals surface area contributed by atoms with Crippen LogP contribution in [0.25, 0.3) is 0 Å². The van der Waals surface area contributed by atoms with Gasteiger partial charge < -0.3 is 10.1 Å². The highest BCUT2D eigenvalue weighted by molar-refractivity contribution is 5.15. The maximum Gasteiger partial charge on any atom is 0.123 e. The fraction of sp³-hybridized carbons (Fsp3) is 0.571. The lowest BCUT2D eigenvalue weighted by Crippen LogP contribution is -2.37. The average Bonchev–Trinajstić information content (AvgIpc) is 2.40. The summed E-state index contributed by atoms with van der Waals surface area (Å²) in [5, 5.41) is 3.34. The molecule has 0 saturated carbocycles. The molecule has 1 aromatic rings. The fourth-order valence-electron chi connectivity index (χ4n) is 2.13. The van der Waals surface area contributed by atoms with Crippen LogP contribution in [0.3, 0.4) is 0 Å². The van der Waals surface area contributed by atoms with Crippen LogP contribution >= 0.6 is 0 Å². The molecule has 0 aromatic heterocycles. The maximum atomic E-state index is 12.9. The van der Waals surface area contributed by atoms with Gasteiger partial charge in [-0.1, -0.05) is 12.1 Å². The highest BCUT2D eigenvalue weighted by atomic mass is 19.1. The molecule has 1 saturated heterocycles. The van der Waals surface area contributed by atoms with Crippen LogP contribution in [0, 0.1) is 5.82 Å². The van der Waals surface area contributed by atoms with Crippen LogP contribution in [0.15, 0.2) is 24.3 Å². The van der Waals surface area contributed by atoms with Gasteiger partial charge >= 0.3 is 0 Å².